The van der Waals surface area contributed by atoms with Gasteiger partial charge in [0, 0.05) is 22.5 Å². The van der Waals surface area contributed by atoms with Crippen molar-refractivity contribution in [3.8, 4) is 0 Å². The van der Waals surface area contributed by atoms with Crippen LogP contribution in [-0.4, -0.2) is 44.0 Å². The number of nitrogens with one attached hydrogen (secondary N) is 6. The van der Waals surface area contributed by atoms with Crippen LogP contribution < -0.4 is 58.5 Å². The number of anilines is 4. The topological polar surface area (TPSA) is 358 Å². The van der Waals surface area contributed by atoms with Gasteiger partial charge in [-0.2, -0.15) is 10.2 Å². The summed E-state index contributed by atoms with van der Waals surface area (Å²) in [6.45, 7) is 3.76. The molecule has 0 fully saturated rings. The molecule has 20 nitrogen and oxygen atoms in total. The molecule has 4 aromatic carbocycles. The summed E-state index contributed by atoms with van der Waals surface area (Å²) in [5.41, 5.74) is 6.42. The number of hydrogen-bond acceptors (Lipinski definition) is 14. The summed E-state index contributed by atoms with van der Waals surface area (Å²) >= 11 is 0. The zero-order chi connectivity index (χ0) is 44.3. The second-order valence-electron chi connectivity index (χ2n) is 12.0. The van der Waals surface area contributed by atoms with Gasteiger partial charge in [-0.25, -0.2) is 37.3 Å². The van der Waals surface area contributed by atoms with Crippen LogP contribution in [0.2, 0.25) is 0 Å². The van der Waals surface area contributed by atoms with Crippen molar-refractivity contribution in [3.63, 3.8) is 0 Å². The second-order valence-corrected chi connectivity index (χ2v) is 13.5. The standard InChI is InChI=1S/2C19H18N4O2.2ClHO4.Cu/c2*1-13-11-15(23-22-13)12-18(24)20-16-9-5-6-10-17(16)21-19(25)14-7-3-2-4-8-14;2*2-1(3,4)5;/h2*2-11H,12H2,1H3,(H,20,24)(H,21,25)(H,22,23);2*(H,2,3,4,5);/q;;;;+2/p-2. The van der Waals surface area contributed by atoms with E-state index in [2.05, 4.69) is 41.7 Å². The van der Waals surface area contributed by atoms with Crippen LogP contribution in [0.4, 0.5) is 22.7 Å². The van der Waals surface area contributed by atoms with Gasteiger partial charge in [0.1, 0.15) is 0 Å². The molecule has 6 aromatic rings. The van der Waals surface area contributed by atoms with Crippen molar-refractivity contribution < 1.29 is 94.0 Å². The Balaban J connectivity index is 0.000000340. The minimum absolute atomic E-state index is 0. The zero-order valence-electron chi connectivity index (χ0n) is 31.8. The Morgan fingerprint density at radius 3 is 1.00 bits per heavy atom. The Hall–Kier alpha value is -6.04. The molecule has 0 atom stereocenters. The molecule has 0 spiro atoms. The molecule has 0 bridgehead atoms. The fourth-order valence-electron chi connectivity index (χ4n) is 4.82. The van der Waals surface area contributed by atoms with Crippen LogP contribution in [0.5, 0.6) is 0 Å². The predicted molar refractivity (Wildman–Crippen MR) is 193 cm³/mol. The summed E-state index contributed by atoms with van der Waals surface area (Å²) in [5, 5.41) is 25.0. The number of carbonyl (C=O) groups is 4. The van der Waals surface area contributed by atoms with Crippen molar-refractivity contribution in [2.45, 2.75) is 26.7 Å². The molecular weight excluding hydrogens is 895 g/mol. The van der Waals surface area contributed by atoms with Crippen LogP contribution in [0.15, 0.2) is 121 Å². The smallest absolute Gasteiger partial charge is 0.324 e. The van der Waals surface area contributed by atoms with E-state index in [1.54, 1.807) is 97.1 Å². The summed E-state index contributed by atoms with van der Waals surface area (Å²) in [6.07, 6.45) is 0.316. The Morgan fingerprint density at radius 1 is 0.475 bits per heavy atom. The van der Waals surface area contributed by atoms with Gasteiger partial charge in [0.25, 0.3) is 11.8 Å². The van der Waals surface area contributed by atoms with E-state index in [9.17, 15) is 19.2 Å². The van der Waals surface area contributed by atoms with Gasteiger partial charge < -0.3 is 21.3 Å². The maximum Gasteiger partial charge on any atom is 2.00 e. The van der Waals surface area contributed by atoms with E-state index in [4.69, 9.17) is 37.3 Å². The summed E-state index contributed by atoms with van der Waals surface area (Å²) in [7, 11) is -9.89. The number of nitrogens with zero attached hydrogens (tertiary/aromatic N) is 2. The number of aromatic nitrogens is 4. The van der Waals surface area contributed by atoms with Gasteiger partial charge in [0.15, 0.2) is 0 Å². The molecule has 4 amide bonds. The van der Waals surface area contributed by atoms with Crippen LogP contribution in [0.1, 0.15) is 43.5 Å². The van der Waals surface area contributed by atoms with E-state index in [1.807, 2.05) is 38.1 Å². The number of halogens is 2. The van der Waals surface area contributed by atoms with Gasteiger partial charge >= 0.3 is 17.1 Å². The van der Waals surface area contributed by atoms with E-state index in [1.165, 1.54) is 0 Å². The van der Waals surface area contributed by atoms with Crippen LogP contribution in [-0.2, 0) is 39.5 Å². The van der Waals surface area contributed by atoms with Gasteiger partial charge in [-0.15, -0.1) is 20.5 Å². The molecule has 325 valence electrons. The van der Waals surface area contributed by atoms with E-state index in [-0.39, 0.29) is 53.5 Å². The number of H-pyrrole nitrogens is 2. The monoisotopic (exact) mass is 929 g/mol. The second kappa shape index (κ2) is 24.9. The van der Waals surface area contributed by atoms with Gasteiger partial charge in [-0.05, 0) is 74.5 Å². The third kappa shape index (κ3) is 21.7. The fraction of sp³-hybridized carbons (Fsp3) is 0.105. The molecule has 0 saturated heterocycles. The number of rotatable bonds is 10. The first-order chi connectivity index (χ1) is 28.2. The quantitative estimate of drug-likeness (QED) is 0.0737. The number of aryl methyl sites for hydroxylation is 2. The maximum absolute atomic E-state index is 12.3. The van der Waals surface area contributed by atoms with Crippen LogP contribution in [0.25, 0.3) is 0 Å². The first-order valence-corrected chi connectivity index (χ1v) is 19.5. The SMILES string of the molecule is Cc1cc(CC(=O)Nc2ccccc2NC(=O)c2ccccc2)n[nH]1.Cc1cc(CC(=O)Nc2ccccc2NC(=O)c2ccccc2)n[nH]1.[Cu+2].[O-][Cl+3]([O-])([O-])[O-].[O-][Cl+3]([O-])([O-])[O-]. The number of carbonyl (C=O) groups excluding carboxylic acids is 4. The Bertz CT molecular complexity index is 2130. The van der Waals surface area contributed by atoms with Gasteiger partial charge in [-0.3, -0.25) is 29.4 Å². The maximum atomic E-state index is 12.3. The van der Waals surface area contributed by atoms with Crippen molar-refractivity contribution in [3.05, 3.63) is 155 Å². The molecule has 61 heavy (non-hydrogen) atoms. The average Bonchev–Trinajstić information content (AvgIpc) is 3.78. The minimum Gasteiger partial charge on any atom is -0.324 e. The van der Waals surface area contributed by atoms with E-state index < -0.39 is 20.5 Å². The summed E-state index contributed by atoms with van der Waals surface area (Å²) in [4.78, 5) is 49.1. The van der Waals surface area contributed by atoms with E-state index >= 15 is 0 Å². The molecule has 6 rings (SSSR count). The van der Waals surface area contributed by atoms with Crippen molar-refractivity contribution >= 4 is 46.4 Å². The first-order valence-electron chi connectivity index (χ1n) is 17.0. The van der Waals surface area contributed by atoms with Gasteiger partial charge in [0.05, 0.1) is 47.0 Å². The molecule has 2 heterocycles. The molecule has 23 heteroatoms. The number of amides is 4. The number of hydrogen-bond donors (Lipinski definition) is 6. The molecular formula is C38H36Cl2CuN8O12. The zero-order valence-corrected chi connectivity index (χ0v) is 34.3. The predicted octanol–water partition coefficient (Wildman–Crippen LogP) is -3.21. The van der Waals surface area contributed by atoms with Crippen LogP contribution in [0, 0.1) is 34.3 Å². The third-order valence-corrected chi connectivity index (χ3v) is 7.17. The third-order valence-electron chi connectivity index (χ3n) is 7.17. The summed E-state index contributed by atoms with van der Waals surface area (Å²) < 4.78 is 67.9. The van der Waals surface area contributed by atoms with Crippen LogP contribution >= 0.6 is 0 Å². The molecule has 1 radical (unpaired) electrons. The number of aromatic amines is 2. The van der Waals surface area contributed by atoms with Crippen molar-refractivity contribution in [2.75, 3.05) is 21.3 Å². The molecule has 0 aliphatic heterocycles. The molecule has 0 aliphatic carbocycles. The van der Waals surface area contributed by atoms with E-state index in [0.29, 0.717) is 45.3 Å². The first kappa shape index (κ1) is 51.1. The normalized spacial score (nSPS) is 10.4. The summed E-state index contributed by atoms with van der Waals surface area (Å²) in [6, 6.07) is 35.6. The minimum atomic E-state index is -4.94. The summed E-state index contributed by atoms with van der Waals surface area (Å²) in [5.74, 6) is -0.865. The van der Waals surface area contributed by atoms with Gasteiger partial charge in [0.2, 0.25) is 11.8 Å². The molecule has 0 saturated carbocycles. The molecule has 2 aromatic heterocycles. The van der Waals surface area contributed by atoms with Gasteiger partial charge in [-0.1, -0.05) is 60.7 Å². The average molecular weight is 931 g/mol. The fourth-order valence-corrected chi connectivity index (χ4v) is 4.82. The largest absolute Gasteiger partial charge is 2.00 e. The molecule has 0 aliphatic rings. The van der Waals surface area contributed by atoms with Crippen molar-refractivity contribution in [1.29, 1.82) is 0 Å². The Kier molecular flexibility index (Phi) is 20.9. The Morgan fingerprint density at radius 2 is 0.738 bits per heavy atom. The molecule has 6 N–H and O–H groups in total. The number of benzene rings is 4. The van der Waals surface area contributed by atoms with Crippen LogP contribution in [0.3, 0.4) is 0 Å². The Labute approximate surface area is 362 Å². The van der Waals surface area contributed by atoms with E-state index in [0.717, 1.165) is 11.4 Å². The van der Waals surface area contributed by atoms with Crippen molar-refractivity contribution in [1.82, 2.24) is 20.4 Å². The molecule has 0 unspecified atom stereocenters. The number of para-hydroxylation sites is 4. The van der Waals surface area contributed by atoms with Crippen molar-refractivity contribution in [2.24, 2.45) is 0 Å².